The molecular weight excluding hydrogens is 198 g/mol. The van der Waals surface area contributed by atoms with Crippen LogP contribution in [0.5, 0.6) is 0 Å². The molecule has 0 saturated carbocycles. The summed E-state index contributed by atoms with van der Waals surface area (Å²) in [4.78, 5) is 3.80. The molecule has 1 aromatic carbocycles. The molecule has 0 fully saturated rings. The first-order valence-corrected chi connectivity index (χ1v) is 4.33. The fraction of sp³-hybridized carbons (Fsp3) is 0. The Kier molecular flexibility index (Phi) is 2.33. The second kappa shape index (κ2) is 3.65. The molecule has 2 aromatic rings. The van der Waals surface area contributed by atoms with Gasteiger partial charge in [-0.05, 0) is 18.2 Å². The lowest BCUT2D eigenvalue weighted by Gasteiger charge is -2.05. The van der Waals surface area contributed by atoms with E-state index in [0.29, 0.717) is 5.56 Å². The number of pyridine rings is 1. The zero-order valence-electron chi connectivity index (χ0n) is 7.74. The molecule has 0 bridgehead atoms. The van der Waals surface area contributed by atoms with Crippen LogP contribution in [0.4, 0.5) is 14.5 Å². The normalized spacial score (nSPS) is 10.3. The van der Waals surface area contributed by atoms with Gasteiger partial charge in [0, 0.05) is 23.6 Å². The smallest absolute Gasteiger partial charge is 0.136 e. The van der Waals surface area contributed by atoms with Crippen LogP contribution in [0.2, 0.25) is 0 Å². The van der Waals surface area contributed by atoms with E-state index in [0.717, 1.165) is 12.1 Å². The molecule has 0 unspecified atom stereocenters. The summed E-state index contributed by atoms with van der Waals surface area (Å²) < 4.78 is 26.9. The first kappa shape index (κ1) is 9.58. The first-order valence-electron chi connectivity index (χ1n) is 4.33. The molecule has 0 aliphatic heterocycles. The predicted octanol–water partition coefficient (Wildman–Crippen LogP) is 2.61. The van der Waals surface area contributed by atoms with Crippen LogP contribution in [0.25, 0.3) is 11.1 Å². The number of hydrogen-bond acceptors (Lipinski definition) is 2. The zero-order valence-corrected chi connectivity index (χ0v) is 7.74. The summed E-state index contributed by atoms with van der Waals surface area (Å²) in [7, 11) is 0. The SMILES string of the molecule is Nc1cc(F)c(-c2cccnc2)c(F)c1. The number of rotatable bonds is 1. The van der Waals surface area contributed by atoms with Crippen LogP contribution in [0, 0.1) is 11.6 Å². The Morgan fingerprint density at radius 3 is 2.33 bits per heavy atom. The van der Waals surface area contributed by atoms with Gasteiger partial charge in [0.25, 0.3) is 0 Å². The van der Waals surface area contributed by atoms with Crippen molar-refractivity contribution in [2.75, 3.05) is 5.73 Å². The quantitative estimate of drug-likeness (QED) is 0.728. The van der Waals surface area contributed by atoms with Crippen molar-refractivity contribution in [2.45, 2.75) is 0 Å². The molecule has 2 rings (SSSR count). The topological polar surface area (TPSA) is 38.9 Å². The van der Waals surface area contributed by atoms with Crippen molar-refractivity contribution in [2.24, 2.45) is 0 Å². The maximum Gasteiger partial charge on any atom is 0.136 e. The summed E-state index contributed by atoms with van der Waals surface area (Å²) in [5.41, 5.74) is 5.67. The molecule has 0 aliphatic carbocycles. The maximum absolute atomic E-state index is 13.4. The molecule has 0 aliphatic rings. The molecule has 15 heavy (non-hydrogen) atoms. The van der Waals surface area contributed by atoms with Gasteiger partial charge in [0.1, 0.15) is 11.6 Å². The predicted molar refractivity (Wildman–Crippen MR) is 54.0 cm³/mol. The van der Waals surface area contributed by atoms with E-state index in [-0.39, 0.29) is 11.3 Å². The van der Waals surface area contributed by atoms with Gasteiger partial charge in [-0.15, -0.1) is 0 Å². The highest BCUT2D eigenvalue weighted by atomic mass is 19.1. The van der Waals surface area contributed by atoms with Gasteiger partial charge in [-0.2, -0.15) is 0 Å². The fourth-order valence-corrected chi connectivity index (χ4v) is 1.38. The number of aromatic nitrogens is 1. The summed E-state index contributed by atoms with van der Waals surface area (Å²) in [5, 5.41) is 0. The van der Waals surface area contributed by atoms with E-state index in [1.165, 1.54) is 12.4 Å². The Morgan fingerprint density at radius 1 is 1.13 bits per heavy atom. The zero-order chi connectivity index (χ0) is 10.8. The van der Waals surface area contributed by atoms with Gasteiger partial charge >= 0.3 is 0 Å². The molecule has 0 saturated heterocycles. The Morgan fingerprint density at radius 2 is 1.80 bits per heavy atom. The van der Waals surface area contributed by atoms with Crippen molar-refractivity contribution < 1.29 is 8.78 Å². The van der Waals surface area contributed by atoms with E-state index in [1.54, 1.807) is 12.1 Å². The maximum atomic E-state index is 13.4. The third-order valence-electron chi connectivity index (χ3n) is 2.01. The molecule has 2 N–H and O–H groups in total. The lowest BCUT2D eigenvalue weighted by molar-refractivity contribution is 0.590. The molecule has 1 aromatic heterocycles. The molecule has 76 valence electrons. The van der Waals surface area contributed by atoms with Crippen LogP contribution in [0.1, 0.15) is 0 Å². The average Bonchev–Trinajstić information content (AvgIpc) is 2.17. The van der Waals surface area contributed by atoms with E-state index in [1.807, 2.05) is 0 Å². The monoisotopic (exact) mass is 206 g/mol. The number of nitrogens with two attached hydrogens (primary N) is 1. The largest absolute Gasteiger partial charge is 0.399 e. The lowest BCUT2D eigenvalue weighted by Crippen LogP contribution is -1.94. The van der Waals surface area contributed by atoms with Crippen molar-refractivity contribution in [3.8, 4) is 11.1 Å². The van der Waals surface area contributed by atoms with Crippen LogP contribution in [0.3, 0.4) is 0 Å². The van der Waals surface area contributed by atoms with E-state index < -0.39 is 11.6 Å². The molecule has 4 heteroatoms. The van der Waals surface area contributed by atoms with E-state index in [2.05, 4.69) is 4.98 Å². The van der Waals surface area contributed by atoms with E-state index >= 15 is 0 Å². The average molecular weight is 206 g/mol. The molecule has 2 nitrogen and oxygen atoms in total. The minimum absolute atomic E-state index is 0.0673. The molecule has 0 radical (unpaired) electrons. The number of anilines is 1. The van der Waals surface area contributed by atoms with Crippen LogP contribution in [-0.4, -0.2) is 4.98 Å². The minimum atomic E-state index is -0.680. The van der Waals surface area contributed by atoms with Crippen molar-refractivity contribution in [3.05, 3.63) is 48.3 Å². The highest BCUT2D eigenvalue weighted by Gasteiger charge is 2.12. The van der Waals surface area contributed by atoms with Gasteiger partial charge < -0.3 is 5.73 Å². The summed E-state index contributed by atoms with van der Waals surface area (Å²) in [6.45, 7) is 0. The summed E-state index contributed by atoms with van der Waals surface area (Å²) >= 11 is 0. The van der Waals surface area contributed by atoms with Gasteiger partial charge in [-0.3, -0.25) is 4.98 Å². The number of benzene rings is 1. The van der Waals surface area contributed by atoms with Crippen molar-refractivity contribution in [1.82, 2.24) is 4.98 Å². The van der Waals surface area contributed by atoms with Gasteiger partial charge in [-0.25, -0.2) is 8.78 Å². The molecular formula is C11H8F2N2. The summed E-state index contributed by atoms with van der Waals surface area (Å²) in [5.74, 6) is -1.36. The molecule has 1 heterocycles. The van der Waals surface area contributed by atoms with Gasteiger partial charge in [0.2, 0.25) is 0 Å². The van der Waals surface area contributed by atoms with Crippen LogP contribution < -0.4 is 5.73 Å². The second-order valence-corrected chi connectivity index (χ2v) is 3.10. The Labute approximate surface area is 85.4 Å². The third kappa shape index (κ3) is 1.79. The second-order valence-electron chi connectivity index (χ2n) is 3.10. The van der Waals surface area contributed by atoms with Gasteiger partial charge in [0.15, 0.2) is 0 Å². The van der Waals surface area contributed by atoms with Gasteiger partial charge in [-0.1, -0.05) is 6.07 Å². The molecule has 0 spiro atoms. The van der Waals surface area contributed by atoms with Crippen molar-refractivity contribution in [3.63, 3.8) is 0 Å². The standard InChI is InChI=1S/C11H8F2N2/c12-9-4-8(14)5-10(13)11(9)7-2-1-3-15-6-7/h1-6H,14H2. The Balaban J connectivity index is 2.64. The number of nitrogens with zero attached hydrogens (tertiary/aromatic N) is 1. The van der Waals surface area contributed by atoms with Crippen LogP contribution >= 0.6 is 0 Å². The first-order chi connectivity index (χ1) is 7.18. The van der Waals surface area contributed by atoms with E-state index in [9.17, 15) is 8.78 Å². The summed E-state index contributed by atoms with van der Waals surface area (Å²) in [6, 6.07) is 5.38. The highest BCUT2D eigenvalue weighted by Crippen LogP contribution is 2.26. The van der Waals surface area contributed by atoms with Gasteiger partial charge in [0.05, 0.1) is 5.56 Å². The third-order valence-corrected chi connectivity index (χ3v) is 2.01. The Hall–Kier alpha value is -1.97. The minimum Gasteiger partial charge on any atom is -0.399 e. The lowest BCUT2D eigenvalue weighted by atomic mass is 10.1. The van der Waals surface area contributed by atoms with Crippen molar-refractivity contribution >= 4 is 5.69 Å². The number of nitrogen functional groups attached to an aromatic ring is 1. The Bertz CT molecular complexity index is 460. The molecule has 0 atom stereocenters. The number of halogens is 2. The highest BCUT2D eigenvalue weighted by molar-refractivity contribution is 5.66. The fourth-order valence-electron chi connectivity index (χ4n) is 1.38. The van der Waals surface area contributed by atoms with Crippen LogP contribution in [0.15, 0.2) is 36.7 Å². The molecule has 0 amide bonds. The van der Waals surface area contributed by atoms with Crippen molar-refractivity contribution in [1.29, 1.82) is 0 Å². The van der Waals surface area contributed by atoms with Crippen LogP contribution in [-0.2, 0) is 0 Å². The number of hydrogen-bond donors (Lipinski definition) is 1. The summed E-state index contributed by atoms with van der Waals surface area (Å²) in [6.07, 6.45) is 2.94. The van der Waals surface area contributed by atoms with E-state index in [4.69, 9.17) is 5.73 Å².